The van der Waals surface area contributed by atoms with Gasteiger partial charge in [-0.1, -0.05) is 23.7 Å². The van der Waals surface area contributed by atoms with Crippen molar-refractivity contribution in [3.8, 4) is 22.6 Å². The predicted molar refractivity (Wildman–Crippen MR) is 135 cm³/mol. The van der Waals surface area contributed by atoms with Crippen LogP contribution in [0.3, 0.4) is 0 Å². The zero-order valence-corrected chi connectivity index (χ0v) is 21.7. The number of ether oxygens (including phenoxy) is 3. The number of hydrogen-bond donors (Lipinski definition) is 1. The van der Waals surface area contributed by atoms with Crippen LogP contribution in [-0.2, 0) is 9.53 Å². The maximum absolute atomic E-state index is 12.7. The van der Waals surface area contributed by atoms with Crippen molar-refractivity contribution < 1.29 is 23.8 Å². The van der Waals surface area contributed by atoms with Gasteiger partial charge in [-0.25, -0.2) is 4.79 Å². The van der Waals surface area contributed by atoms with E-state index < -0.39 is 11.9 Å². The van der Waals surface area contributed by atoms with Crippen molar-refractivity contribution in [2.75, 3.05) is 25.6 Å². The fourth-order valence-electron chi connectivity index (χ4n) is 3.15. The van der Waals surface area contributed by atoms with E-state index in [4.69, 9.17) is 25.8 Å². The van der Waals surface area contributed by atoms with Gasteiger partial charge in [-0.15, -0.1) is 11.3 Å². The molecule has 174 valence electrons. The molecule has 0 atom stereocenters. The van der Waals surface area contributed by atoms with Crippen LogP contribution in [-0.4, -0.2) is 32.2 Å². The van der Waals surface area contributed by atoms with Gasteiger partial charge in [0.1, 0.15) is 22.1 Å². The second-order valence-electron chi connectivity index (χ2n) is 7.08. The SMILES string of the molecule is CCOC(=O)c1c(-c2ccc(OC)cc2)csc1NC(=O)COc1cc(C)c(Cl)c(C)c1Br. The molecule has 0 saturated carbocycles. The Morgan fingerprint density at radius 3 is 2.52 bits per heavy atom. The van der Waals surface area contributed by atoms with Crippen LogP contribution in [0.2, 0.25) is 5.02 Å². The van der Waals surface area contributed by atoms with Crippen LogP contribution < -0.4 is 14.8 Å². The van der Waals surface area contributed by atoms with Gasteiger partial charge in [0.25, 0.3) is 5.91 Å². The van der Waals surface area contributed by atoms with Crippen LogP contribution in [0.15, 0.2) is 40.2 Å². The molecule has 33 heavy (non-hydrogen) atoms. The first kappa shape index (κ1) is 25.1. The molecule has 0 unspecified atom stereocenters. The molecule has 3 rings (SSSR count). The Morgan fingerprint density at radius 2 is 1.88 bits per heavy atom. The minimum absolute atomic E-state index is 0.219. The minimum atomic E-state index is -0.507. The number of halogens is 2. The molecule has 0 saturated heterocycles. The van der Waals surface area contributed by atoms with Crippen LogP contribution in [0.1, 0.15) is 28.4 Å². The molecular formula is C24H23BrClNO5S. The zero-order chi connectivity index (χ0) is 24.1. The third kappa shape index (κ3) is 5.69. The molecule has 0 aliphatic heterocycles. The van der Waals surface area contributed by atoms with Gasteiger partial charge in [-0.3, -0.25) is 4.79 Å². The Morgan fingerprint density at radius 1 is 1.18 bits per heavy atom. The molecule has 2 aromatic carbocycles. The van der Waals surface area contributed by atoms with Gasteiger partial charge in [-0.2, -0.15) is 0 Å². The number of amides is 1. The topological polar surface area (TPSA) is 73.9 Å². The Bertz CT molecular complexity index is 1180. The summed E-state index contributed by atoms with van der Waals surface area (Å²) >= 11 is 11.0. The van der Waals surface area contributed by atoms with Crippen LogP contribution in [0, 0.1) is 13.8 Å². The van der Waals surface area contributed by atoms with Crippen molar-refractivity contribution in [3.05, 3.63) is 61.9 Å². The van der Waals surface area contributed by atoms with E-state index in [1.165, 1.54) is 11.3 Å². The summed E-state index contributed by atoms with van der Waals surface area (Å²) in [4.78, 5) is 25.4. The van der Waals surface area contributed by atoms with Gasteiger partial charge in [-0.05, 0) is 71.6 Å². The highest BCUT2D eigenvalue weighted by atomic mass is 79.9. The maximum atomic E-state index is 12.7. The monoisotopic (exact) mass is 551 g/mol. The number of benzene rings is 2. The summed E-state index contributed by atoms with van der Waals surface area (Å²) in [7, 11) is 1.59. The van der Waals surface area contributed by atoms with Gasteiger partial charge in [0.05, 0.1) is 18.2 Å². The number of thiophene rings is 1. The molecule has 0 aliphatic rings. The predicted octanol–water partition coefficient (Wildman–Crippen LogP) is 6.65. The van der Waals surface area contributed by atoms with E-state index in [-0.39, 0.29) is 13.2 Å². The van der Waals surface area contributed by atoms with Crippen LogP contribution in [0.25, 0.3) is 11.1 Å². The summed E-state index contributed by atoms with van der Waals surface area (Å²) in [6, 6.07) is 9.08. The van der Waals surface area contributed by atoms with Crippen molar-refractivity contribution in [3.63, 3.8) is 0 Å². The van der Waals surface area contributed by atoms with E-state index >= 15 is 0 Å². The average molecular weight is 553 g/mol. The number of carbonyl (C=O) groups is 2. The Kier molecular flexibility index (Phi) is 8.40. The second kappa shape index (κ2) is 11.0. The van der Waals surface area contributed by atoms with Gasteiger partial charge < -0.3 is 19.5 Å². The molecule has 3 aromatic rings. The maximum Gasteiger partial charge on any atom is 0.341 e. The number of esters is 1. The summed E-state index contributed by atoms with van der Waals surface area (Å²) in [5.74, 6) is 0.310. The summed E-state index contributed by atoms with van der Waals surface area (Å²) in [6.07, 6.45) is 0. The largest absolute Gasteiger partial charge is 0.497 e. The molecule has 0 bridgehead atoms. The lowest BCUT2D eigenvalue weighted by molar-refractivity contribution is -0.118. The Hall–Kier alpha value is -2.55. The smallest absolute Gasteiger partial charge is 0.341 e. The summed E-state index contributed by atoms with van der Waals surface area (Å²) in [5.41, 5.74) is 3.46. The number of rotatable bonds is 8. The first-order valence-electron chi connectivity index (χ1n) is 10.1. The molecule has 0 radical (unpaired) electrons. The third-order valence-corrected chi connectivity index (χ3v) is 7.31. The summed E-state index contributed by atoms with van der Waals surface area (Å²) in [5, 5.41) is 5.63. The Balaban J connectivity index is 1.82. The molecule has 1 heterocycles. The quantitative estimate of drug-likeness (QED) is 0.317. The molecule has 0 fully saturated rings. The molecule has 9 heteroatoms. The van der Waals surface area contributed by atoms with E-state index in [2.05, 4.69) is 21.2 Å². The molecule has 6 nitrogen and oxygen atoms in total. The highest BCUT2D eigenvalue weighted by molar-refractivity contribution is 9.10. The van der Waals surface area contributed by atoms with Crippen LogP contribution >= 0.6 is 38.9 Å². The van der Waals surface area contributed by atoms with Crippen molar-refractivity contribution in [2.45, 2.75) is 20.8 Å². The molecule has 0 aliphatic carbocycles. The number of carbonyl (C=O) groups excluding carboxylic acids is 2. The fourth-order valence-corrected chi connectivity index (χ4v) is 4.81. The van der Waals surface area contributed by atoms with E-state index in [1.54, 1.807) is 20.1 Å². The van der Waals surface area contributed by atoms with Crippen molar-refractivity contribution in [1.29, 1.82) is 0 Å². The van der Waals surface area contributed by atoms with Crippen molar-refractivity contribution in [2.24, 2.45) is 0 Å². The number of nitrogens with one attached hydrogen (secondary N) is 1. The number of aryl methyl sites for hydroxylation is 1. The highest BCUT2D eigenvalue weighted by Gasteiger charge is 2.23. The summed E-state index contributed by atoms with van der Waals surface area (Å²) < 4.78 is 16.8. The lowest BCUT2D eigenvalue weighted by Crippen LogP contribution is -2.21. The third-order valence-electron chi connectivity index (χ3n) is 4.85. The first-order valence-corrected chi connectivity index (χ1v) is 12.1. The van der Waals surface area contributed by atoms with Crippen LogP contribution in [0.4, 0.5) is 5.00 Å². The van der Waals surface area contributed by atoms with Gasteiger partial charge in [0.15, 0.2) is 6.61 Å². The molecule has 1 amide bonds. The van der Waals surface area contributed by atoms with Crippen LogP contribution in [0.5, 0.6) is 11.5 Å². The molecule has 1 N–H and O–H groups in total. The molecule has 1 aromatic heterocycles. The number of methoxy groups -OCH3 is 1. The van der Waals surface area contributed by atoms with Gasteiger partial charge in [0, 0.05) is 16.0 Å². The lowest BCUT2D eigenvalue weighted by Gasteiger charge is -2.13. The van der Waals surface area contributed by atoms with E-state index in [9.17, 15) is 9.59 Å². The first-order chi connectivity index (χ1) is 15.8. The van der Waals surface area contributed by atoms with E-state index in [0.717, 1.165) is 16.7 Å². The molecule has 0 spiro atoms. The number of anilines is 1. The Labute approximate surface area is 209 Å². The van der Waals surface area contributed by atoms with Gasteiger partial charge >= 0.3 is 5.97 Å². The van der Waals surface area contributed by atoms with Gasteiger partial charge in [0.2, 0.25) is 0 Å². The highest BCUT2D eigenvalue weighted by Crippen LogP contribution is 2.38. The van der Waals surface area contributed by atoms with Crippen molar-refractivity contribution >= 4 is 55.7 Å². The minimum Gasteiger partial charge on any atom is -0.497 e. The second-order valence-corrected chi connectivity index (χ2v) is 9.13. The molecular weight excluding hydrogens is 530 g/mol. The van der Waals surface area contributed by atoms with E-state index in [1.807, 2.05) is 43.5 Å². The standard InChI is InChI=1S/C24H23BrClNO5S/c1-5-31-24(29)20-17(15-6-8-16(30-4)9-7-15)12-33-23(20)27-19(28)11-32-18-10-13(2)22(26)14(3)21(18)25/h6-10,12H,5,11H2,1-4H3,(H,27,28). The zero-order valence-electron chi connectivity index (χ0n) is 18.6. The lowest BCUT2D eigenvalue weighted by atomic mass is 10.0. The van der Waals surface area contributed by atoms with Crippen molar-refractivity contribution in [1.82, 2.24) is 0 Å². The summed E-state index contributed by atoms with van der Waals surface area (Å²) in [6.45, 7) is 5.45. The van der Waals surface area contributed by atoms with E-state index in [0.29, 0.717) is 37.1 Å². The average Bonchev–Trinajstić information content (AvgIpc) is 3.22. The number of hydrogen-bond acceptors (Lipinski definition) is 6. The normalized spacial score (nSPS) is 10.6. The fraction of sp³-hybridized carbons (Fsp3) is 0.250.